The number of amides is 3. The maximum atomic E-state index is 13.7. The van der Waals surface area contributed by atoms with Crippen LogP contribution in [0.3, 0.4) is 0 Å². The van der Waals surface area contributed by atoms with E-state index in [0.717, 1.165) is 9.86 Å². The van der Waals surface area contributed by atoms with Crippen molar-refractivity contribution < 1.29 is 22.8 Å². The molecule has 1 aliphatic rings. The van der Waals surface area contributed by atoms with Crippen LogP contribution in [0.4, 0.5) is 0 Å². The summed E-state index contributed by atoms with van der Waals surface area (Å²) in [5.74, 6) is -1.87. The summed E-state index contributed by atoms with van der Waals surface area (Å²) in [6.45, 7) is -0.358. The van der Waals surface area contributed by atoms with Crippen molar-refractivity contribution in [1.82, 2.24) is 9.21 Å². The van der Waals surface area contributed by atoms with Crippen molar-refractivity contribution in [3.8, 4) is 0 Å². The quantitative estimate of drug-likeness (QED) is 0.425. The number of fused-ring (bicyclic) bond motifs is 1. The van der Waals surface area contributed by atoms with Crippen LogP contribution >= 0.6 is 27.5 Å². The molecule has 4 rings (SSSR count). The van der Waals surface area contributed by atoms with Gasteiger partial charge in [-0.3, -0.25) is 14.4 Å². The van der Waals surface area contributed by atoms with E-state index in [2.05, 4.69) is 15.9 Å². The second-order valence-electron chi connectivity index (χ2n) is 8.84. The molecule has 1 saturated heterocycles. The summed E-state index contributed by atoms with van der Waals surface area (Å²) < 4.78 is 29.3. The molecule has 37 heavy (non-hydrogen) atoms. The lowest BCUT2D eigenvalue weighted by Gasteiger charge is -2.45. The van der Waals surface area contributed by atoms with Gasteiger partial charge in [-0.2, -0.15) is 4.31 Å². The number of carbonyl (C=O) groups excluding carboxylic acids is 3. The van der Waals surface area contributed by atoms with Crippen molar-refractivity contribution in [2.24, 2.45) is 11.5 Å². The second kappa shape index (κ2) is 10.8. The van der Waals surface area contributed by atoms with Crippen molar-refractivity contribution in [2.75, 3.05) is 13.1 Å². The molecule has 0 aromatic heterocycles. The summed E-state index contributed by atoms with van der Waals surface area (Å²) in [7, 11) is -4.07. The Balaban J connectivity index is 1.73. The van der Waals surface area contributed by atoms with Crippen molar-refractivity contribution >= 4 is 66.0 Å². The third-order valence-electron chi connectivity index (χ3n) is 6.23. The first-order valence-corrected chi connectivity index (χ1v) is 13.9. The molecule has 4 N–H and O–H groups in total. The van der Waals surface area contributed by atoms with Crippen LogP contribution in [0.1, 0.15) is 23.2 Å². The minimum absolute atomic E-state index is 0.0330. The molecule has 0 radical (unpaired) electrons. The van der Waals surface area contributed by atoms with E-state index < -0.39 is 39.8 Å². The minimum Gasteiger partial charge on any atom is -0.370 e. The molecule has 2 atom stereocenters. The lowest BCUT2D eigenvalue weighted by Crippen LogP contribution is -2.62. The fraction of sp³-hybridized carbons (Fsp3) is 0.240. The van der Waals surface area contributed by atoms with Crippen LogP contribution in [-0.4, -0.2) is 60.5 Å². The highest BCUT2D eigenvalue weighted by Gasteiger charge is 2.43. The fourth-order valence-electron chi connectivity index (χ4n) is 4.58. The van der Waals surface area contributed by atoms with Crippen molar-refractivity contribution in [2.45, 2.75) is 29.8 Å². The van der Waals surface area contributed by atoms with Gasteiger partial charge < -0.3 is 16.4 Å². The maximum Gasteiger partial charge on any atom is 0.254 e. The average molecular weight is 608 g/mol. The molecule has 9 nitrogen and oxygen atoms in total. The second-order valence-corrected chi connectivity index (χ2v) is 12.1. The molecular formula is C25H24BrClN4O5S. The number of rotatable bonds is 7. The van der Waals surface area contributed by atoms with E-state index in [1.54, 1.807) is 48.5 Å². The van der Waals surface area contributed by atoms with Gasteiger partial charge in [0.2, 0.25) is 21.8 Å². The van der Waals surface area contributed by atoms with Gasteiger partial charge in [0, 0.05) is 41.0 Å². The monoisotopic (exact) mass is 606 g/mol. The summed E-state index contributed by atoms with van der Waals surface area (Å²) >= 11 is 9.36. The number of carbonyl (C=O) groups is 3. The number of nitrogens with two attached hydrogens (primary N) is 2. The Bertz CT molecular complexity index is 1460. The number of benzene rings is 3. The molecule has 0 saturated carbocycles. The Hall–Kier alpha value is -2.99. The van der Waals surface area contributed by atoms with E-state index in [0.29, 0.717) is 16.0 Å². The Labute approximate surface area is 227 Å². The fourth-order valence-corrected chi connectivity index (χ4v) is 6.58. The van der Waals surface area contributed by atoms with E-state index >= 15 is 0 Å². The lowest BCUT2D eigenvalue weighted by molar-refractivity contribution is -0.120. The van der Waals surface area contributed by atoms with E-state index in [1.807, 2.05) is 0 Å². The molecule has 0 bridgehead atoms. The predicted octanol–water partition coefficient (Wildman–Crippen LogP) is 2.89. The number of primary amides is 2. The maximum absolute atomic E-state index is 13.7. The van der Waals surface area contributed by atoms with Crippen molar-refractivity contribution in [3.05, 3.63) is 75.7 Å². The van der Waals surface area contributed by atoms with Gasteiger partial charge in [0.25, 0.3) is 5.91 Å². The zero-order valence-electron chi connectivity index (χ0n) is 19.5. The summed E-state index contributed by atoms with van der Waals surface area (Å²) in [6, 6.07) is 14.5. The number of piperazine rings is 1. The predicted molar refractivity (Wildman–Crippen MR) is 143 cm³/mol. The van der Waals surface area contributed by atoms with Crippen LogP contribution in [-0.2, 0) is 19.6 Å². The third-order valence-corrected chi connectivity index (χ3v) is 8.82. The molecular weight excluding hydrogens is 584 g/mol. The smallest absolute Gasteiger partial charge is 0.254 e. The lowest BCUT2D eigenvalue weighted by atomic mass is 10.00. The summed E-state index contributed by atoms with van der Waals surface area (Å²) in [5.41, 5.74) is 11.3. The first kappa shape index (κ1) is 27.1. The van der Waals surface area contributed by atoms with E-state index in [9.17, 15) is 22.8 Å². The third kappa shape index (κ3) is 5.96. The molecule has 194 valence electrons. The summed E-state index contributed by atoms with van der Waals surface area (Å²) in [5, 5.41) is 1.98. The van der Waals surface area contributed by atoms with Crippen molar-refractivity contribution in [3.63, 3.8) is 0 Å². The van der Waals surface area contributed by atoms with Gasteiger partial charge >= 0.3 is 0 Å². The number of hydrogen-bond donors (Lipinski definition) is 2. The normalized spacial score (nSPS) is 18.6. The largest absolute Gasteiger partial charge is 0.370 e. The Morgan fingerprint density at radius 1 is 0.865 bits per heavy atom. The number of halogens is 2. The van der Waals surface area contributed by atoms with Gasteiger partial charge in [0.05, 0.1) is 17.0 Å². The first-order valence-electron chi connectivity index (χ1n) is 11.3. The zero-order chi connectivity index (χ0) is 26.9. The van der Waals surface area contributed by atoms with E-state index in [-0.39, 0.29) is 30.8 Å². The molecule has 1 fully saturated rings. The van der Waals surface area contributed by atoms with Gasteiger partial charge in [-0.25, -0.2) is 8.42 Å². The first-order chi connectivity index (χ1) is 17.5. The molecule has 3 aromatic rings. The molecule has 0 aliphatic carbocycles. The minimum atomic E-state index is -4.07. The average Bonchev–Trinajstić information content (AvgIpc) is 2.82. The Morgan fingerprint density at radius 3 is 1.97 bits per heavy atom. The topological polar surface area (TPSA) is 144 Å². The van der Waals surface area contributed by atoms with Gasteiger partial charge in [-0.15, -0.1) is 0 Å². The molecule has 1 aliphatic heterocycles. The highest BCUT2D eigenvalue weighted by molar-refractivity contribution is 9.10. The van der Waals surface area contributed by atoms with E-state index in [4.69, 9.17) is 23.1 Å². The summed E-state index contributed by atoms with van der Waals surface area (Å²) in [4.78, 5) is 38.8. The highest BCUT2D eigenvalue weighted by Crippen LogP contribution is 2.30. The van der Waals surface area contributed by atoms with Crippen LogP contribution in [0.5, 0.6) is 0 Å². The van der Waals surface area contributed by atoms with Gasteiger partial charge in [0.1, 0.15) is 0 Å². The van der Waals surface area contributed by atoms with Crippen LogP contribution in [0.25, 0.3) is 10.8 Å². The van der Waals surface area contributed by atoms with Crippen LogP contribution in [0.15, 0.2) is 70.0 Å². The molecule has 0 unspecified atom stereocenters. The molecule has 3 aromatic carbocycles. The van der Waals surface area contributed by atoms with E-state index in [1.165, 1.54) is 21.3 Å². The van der Waals surface area contributed by atoms with Crippen LogP contribution in [0.2, 0.25) is 5.02 Å². The highest BCUT2D eigenvalue weighted by atomic mass is 79.9. The van der Waals surface area contributed by atoms with Crippen LogP contribution in [0, 0.1) is 0 Å². The van der Waals surface area contributed by atoms with Gasteiger partial charge in [-0.1, -0.05) is 39.7 Å². The molecule has 12 heteroatoms. The number of sulfonamides is 1. The molecule has 1 heterocycles. The van der Waals surface area contributed by atoms with Gasteiger partial charge in [0.15, 0.2) is 0 Å². The van der Waals surface area contributed by atoms with Gasteiger partial charge in [-0.05, 0) is 59.3 Å². The molecule has 3 amide bonds. The van der Waals surface area contributed by atoms with Crippen LogP contribution < -0.4 is 11.5 Å². The SMILES string of the molecule is NC(=O)C[C@H]1CN(S(=O)(=O)c2ccc3cc(Cl)ccc3c2)C[C@H](CC(N)=O)N1C(=O)c1ccc(Br)cc1. The van der Waals surface area contributed by atoms with Crippen molar-refractivity contribution in [1.29, 1.82) is 0 Å². The number of hydrogen-bond acceptors (Lipinski definition) is 5. The Kier molecular flexibility index (Phi) is 7.88. The Morgan fingerprint density at radius 2 is 1.41 bits per heavy atom. The zero-order valence-corrected chi connectivity index (χ0v) is 22.7. The molecule has 0 spiro atoms. The summed E-state index contributed by atoms with van der Waals surface area (Å²) in [6.07, 6.45) is -0.584. The number of nitrogens with zero attached hydrogens (tertiary/aromatic N) is 2. The standard InChI is InChI=1S/C25H24BrClN4O5S/c26-18-5-1-15(2-6-18)25(34)31-20(11-23(28)32)13-30(14-21(31)12-24(29)33)37(35,36)22-8-4-16-9-19(27)7-3-17(16)10-22/h1-10,20-21H,11-14H2,(H2,28,32)(H2,29,33)/t20-,21-/m0/s1.